The number of carbonyl (C=O) groups excluding carboxylic acids is 2. The van der Waals surface area contributed by atoms with Crippen LogP contribution in [0.25, 0.3) is 0 Å². The van der Waals surface area contributed by atoms with Crippen LogP contribution >= 0.6 is 11.3 Å². The first-order chi connectivity index (χ1) is 14.8. The second kappa shape index (κ2) is 9.76. The number of hydrogen-bond acceptors (Lipinski definition) is 6. The molecule has 162 valence electrons. The highest BCUT2D eigenvalue weighted by atomic mass is 32.2. The summed E-state index contributed by atoms with van der Waals surface area (Å²) in [7, 11) is -2.36. The number of nitrogens with one attached hydrogen (secondary N) is 2. The Morgan fingerprint density at radius 3 is 2.29 bits per heavy atom. The second-order valence-electron chi connectivity index (χ2n) is 6.83. The van der Waals surface area contributed by atoms with Crippen LogP contribution in [-0.2, 0) is 19.6 Å². The minimum Gasteiger partial charge on any atom is -0.469 e. The predicted octanol–water partition coefficient (Wildman–Crippen LogP) is 3.89. The van der Waals surface area contributed by atoms with Crippen LogP contribution < -0.4 is 10.0 Å². The summed E-state index contributed by atoms with van der Waals surface area (Å²) in [5.41, 5.74) is 2.52. The summed E-state index contributed by atoms with van der Waals surface area (Å²) in [6.07, 6.45) is -0.00992. The minimum atomic E-state index is -3.66. The van der Waals surface area contributed by atoms with E-state index in [1.807, 2.05) is 31.2 Å². The predicted molar refractivity (Wildman–Crippen MR) is 120 cm³/mol. The number of esters is 1. The van der Waals surface area contributed by atoms with Crippen LogP contribution in [0.1, 0.15) is 33.9 Å². The molecule has 0 fully saturated rings. The third-order valence-electron chi connectivity index (χ3n) is 4.54. The molecule has 1 unspecified atom stereocenters. The van der Waals surface area contributed by atoms with Gasteiger partial charge in [-0.25, -0.2) is 8.42 Å². The molecule has 0 aliphatic carbocycles. The zero-order chi connectivity index (χ0) is 22.4. The molecule has 31 heavy (non-hydrogen) atoms. The van der Waals surface area contributed by atoms with Crippen LogP contribution in [0.15, 0.2) is 70.3 Å². The van der Waals surface area contributed by atoms with E-state index in [4.69, 9.17) is 4.74 Å². The van der Waals surface area contributed by atoms with Gasteiger partial charge in [0.1, 0.15) is 4.21 Å². The lowest BCUT2D eigenvalue weighted by Gasteiger charge is -2.18. The molecule has 1 atom stereocenters. The molecule has 0 aliphatic rings. The number of amides is 1. The molecule has 0 aliphatic heterocycles. The quantitative estimate of drug-likeness (QED) is 0.499. The number of benzene rings is 2. The number of hydrogen-bond donors (Lipinski definition) is 2. The molecule has 0 radical (unpaired) electrons. The van der Waals surface area contributed by atoms with Gasteiger partial charge in [-0.2, -0.15) is 0 Å². The molecule has 1 aromatic heterocycles. The molecule has 9 heteroatoms. The molecule has 7 nitrogen and oxygen atoms in total. The Labute approximate surface area is 185 Å². The molecule has 2 N–H and O–H groups in total. The number of thiophene rings is 1. The van der Waals surface area contributed by atoms with Crippen molar-refractivity contribution in [2.45, 2.75) is 23.6 Å². The van der Waals surface area contributed by atoms with E-state index < -0.39 is 22.0 Å². The van der Waals surface area contributed by atoms with Gasteiger partial charge in [0.25, 0.3) is 15.9 Å². The largest absolute Gasteiger partial charge is 0.469 e. The van der Waals surface area contributed by atoms with Crippen molar-refractivity contribution >= 4 is 38.9 Å². The smallest absolute Gasteiger partial charge is 0.307 e. The molecule has 3 rings (SSSR count). The highest BCUT2D eigenvalue weighted by Gasteiger charge is 2.20. The molecular formula is C22H22N2O5S2. The SMILES string of the molecule is COC(=O)CC(NC(=O)c1ccc(NS(=O)(=O)c2cccs2)cc1)c1ccc(C)cc1. The summed E-state index contributed by atoms with van der Waals surface area (Å²) < 4.78 is 32.1. The van der Waals surface area contributed by atoms with Gasteiger partial charge in [-0.1, -0.05) is 35.9 Å². The zero-order valence-electron chi connectivity index (χ0n) is 17.0. The van der Waals surface area contributed by atoms with E-state index >= 15 is 0 Å². The molecular weight excluding hydrogens is 436 g/mol. The normalized spacial score (nSPS) is 12.1. The van der Waals surface area contributed by atoms with E-state index in [1.54, 1.807) is 11.4 Å². The maximum absolute atomic E-state index is 12.7. The van der Waals surface area contributed by atoms with E-state index in [2.05, 4.69) is 10.0 Å². The maximum atomic E-state index is 12.7. The molecule has 1 amide bonds. The van der Waals surface area contributed by atoms with Crippen LogP contribution in [0, 0.1) is 6.92 Å². The van der Waals surface area contributed by atoms with Crippen molar-refractivity contribution in [3.05, 3.63) is 82.7 Å². The fraction of sp³-hybridized carbons (Fsp3) is 0.182. The molecule has 2 aromatic carbocycles. The Bertz CT molecular complexity index is 1140. The van der Waals surface area contributed by atoms with Crippen LogP contribution in [0.3, 0.4) is 0 Å². The van der Waals surface area contributed by atoms with Gasteiger partial charge in [-0.3, -0.25) is 14.3 Å². The van der Waals surface area contributed by atoms with Crippen molar-refractivity contribution in [3.8, 4) is 0 Å². The summed E-state index contributed by atoms with van der Waals surface area (Å²) >= 11 is 1.12. The average molecular weight is 459 g/mol. The Balaban J connectivity index is 1.73. The van der Waals surface area contributed by atoms with Gasteiger partial charge < -0.3 is 10.1 Å². The van der Waals surface area contributed by atoms with E-state index in [0.717, 1.165) is 22.5 Å². The molecule has 0 spiro atoms. The van der Waals surface area contributed by atoms with Crippen molar-refractivity contribution in [3.63, 3.8) is 0 Å². The van der Waals surface area contributed by atoms with Crippen molar-refractivity contribution in [2.24, 2.45) is 0 Å². The van der Waals surface area contributed by atoms with Crippen LogP contribution in [0.2, 0.25) is 0 Å². The van der Waals surface area contributed by atoms with Gasteiger partial charge in [0.05, 0.1) is 19.6 Å². The summed E-state index contributed by atoms with van der Waals surface area (Å²) in [5, 5.41) is 4.53. The Hall–Kier alpha value is -3.17. The van der Waals surface area contributed by atoms with Crippen molar-refractivity contribution in [1.82, 2.24) is 5.32 Å². The van der Waals surface area contributed by atoms with Crippen molar-refractivity contribution < 1.29 is 22.7 Å². The van der Waals surface area contributed by atoms with Crippen LogP contribution in [-0.4, -0.2) is 27.4 Å². The summed E-state index contributed by atoms with van der Waals surface area (Å²) in [4.78, 5) is 24.6. The van der Waals surface area contributed by atoms with Gasteiger partial charge in [0.15, 0.2) is 0 Å². The minimum absolute atomic E-state index is 0.00992. The number of sulfonamides is 1. The molecule has 1 heterocycles. The zero-order valence-corrected chi connectivity index (χ0v) is 18.6. The fourth-order valence-electron chi connectivity index (χ4n) is 2.85. The van der Waals surface area contributed by atoms with Gasteiger partial charge in [0, 0.05) is 11.3 Å². The Morgan fingerprint density at radius 1 is 1.03 bits per heavy atom. The van der Waals surface area contributed by atoms with Gasteiger partial charge in [-0.15, -0.1) is 11.3 Å². The maximum Gasteiger partial charge on any atom is 0.307 e. The van der Waals surface area contributed by atoms with Crippen molar-refractivity contribution in [2.75, 3.05) is 11.8 Å². The first-order valence-corrected chi connectivity index (χ1v) is 11.8. The second-order valence-corrected chi connectivity index (χ2v) is 9.69. The number of methoxy groups -OCH3 is 1. The standard InChI is InChI=1S/C22H22N2O5S2/c1-15-5-7-16(8-6-15)19(14-20(25)29-2)23-22(26)17-9-11-18(12-10-17)24-31(27,28)21-4-3-13-30-21/h3-13,19,24H,14H2,1-2H3,(H,23,26). The van der Waals surface area contributed by atoms with Crippen LogP contribution in [0.5, 0.6) is 0 Å². The summed E-state index contributed by atoms with van der Waals surface area (Å²) in [5.74, 6) is -0.827. The molecule has 3 aromatic rings. The van der Waals surface area contributed by atoms with E-state index in [-0.39, 0.29) is 16.5 Å². The summed E-state index contributed by atoms with van der Waals surface area (Å²) in [6, 6.07) is 16.2. The van der Waals surface area contributed by atoms with Gasteiger partial charge >= 0.3 is 5.97 Å². The lowest BCUT2D eigenvalue weighted by molar-refractivity contribution is -0.141. The van der Waals surface area contributed by atoms with E-state index in [1.165, 1.54) is 37.4 Å². The monoisotopic (exact) mass is 458 g/mol. The van der Waals surface area contributed by atoms with Crippen molar-refractivity contribution in [1.29, 1.82) is 0 Å². The summed E-state index contributed by atoms with van der Waals surface area (Å²) in [6.45, 7) is 1.95. The average Bonchev–Trinajstić information content (AvgIpc) is 3.30. The number of rotatable bonds is 8. The van der Waals surface area contributed by atoms with Crippen LogP contribution in [0.4, 0.5) is 5.69 Å². The third kappa shape index (κ3) is 5.93. The number of aryl methyl sites for hydroxylation is 1. The Morgan fingerprint density at radius 2 is 1.71 bits per heavy atom. The molecule has 0 saturated heterocycles. The lowest BCUT2D eigenvalue weighted by atomic mass is 10.0. The highest BCUT2D eigenvalue weighted by molar-refractivity contribution is 7.94. The fourth-order valence-corrected chi connectivity index (χ4v) is 4.91. The highest BCUT2D eigenvalue weighted by Crippen LogP contribution is 2.22. The first-order valence-electron chi connectivity index (χ1n) is 9.39. The van der Waals surface area contributed by atoms with Gasteiger partial charge in [-0.05, 0) is 48.2 Å². The van der Waals surface area contributed by atoms with E-state index in [0.29, 0.717) is 11.3 Å². The third-order valence-corrected chi connectivity index (χ3v) is 7.32. The molecule has 0 bridgehead atoms. The van der Waals surface area contributed by atoms with Gasteiger partial charge in [0.2, 0.25) is 0 Å². The first kappa shape index (κ1) is 22.5. The number of anilines is 1. The lowest BCUT2D eigenvalue weighted by Crippen LogP contribution is -2.30. The molecule has 0 saturated carbocycles. The van der Waals surface area contributed by atoms with E-state index in [9.17, 15) is 18.0 Å². The topological polar surface area (TPSA) is 102 Å². The Kier molecular flexibility index (Phi) is 7.09. The number of carbonyl (C=O) groups is 2. The number of ether oxygens (including phenoxy) is 1.